The van der Waals surface area contributed by atoms with Crippen LogP contribution in [0.5, 0.6) is 0 Å². The van der Waals surface area contributed by atoms with Gasteiger partial charge in [-0.05, 0) is 25.8 Å². The van der Waals surface area contributed by atoms with Crippen molar-refractivity contribution in [1.29, 1.82) is 0 Å². The number of aryl methyl sites for hydroxylation is 1. The molecule has 1 aliphatic rings. The number of carbonyl (C=O) groups excluding carboxylic acids is 1. The average Bonchev–Trinajstić information content (AvgIpc) is 2.81. The molecule has 21 heavy (non-hydrogen) atoms. The van der Waals surface area contributed by atoms with Crippen LogP contribution >= 0.6 is 0 Å². The summed E-state index contributed by atoms with van der Waals surface area (Å²) < 4.78 is 0. The molecule has 1 amide bonds. The lowest BCUT2D eigenvalue weighted by molar-refractivity contribution is -0.385. The second-order valence-electron chi connectivity index (χ2n) is 5.53. The highest BCUT2D eigenvalue weighted by molar-refractivity contribution is 5.81. The number of nitrogens with one attached hydrogen (secondary N) is 1. The normalized spacial score (nSPS) is 19.9. The number of amides is 1. The van der Waals surface area contributed by atoms with Crippen LogP contribution in [0.4, 0.5) is 5.69 Å². The van der Waals surface area contributed by atoms with Crippen molar-refractivity contribution in [2.24, 2.45) is 0 Å². The molecule has 0 saturated carbocycles. The van der Waals surface area contributed by atoms with Crippen molar-refractivity contribution in [3.05, 3.63) is 39.4 Å². The first kappa shape index (κ1) is 15.4. The van der Waals surface area contributed by atoms with Crippen molar-refractivity contribution >= 4 is 11.6 Å². The topological polar surface area (TPSA) is 75.5 Å². The van der Waals surface area contributed by atoms with E-state index < -0.39 is 0 Å². The average molecular weight is 291 g/mol. The Morgan fingerprint density at radius 3 is 2.86 bits per heavy atom. The van der Waals surface area contributed by atoms with Crippen LogP contribution in [-0.4, -0.2) is 28.3 Å². The zero-order chi connectivity index (χ0) is 15.6. The largest absolute Gasteiger partial charge is 0.319 e. The first-order chi connectivity index (χ1) is 9.95. The maximum atomic E-state index is 12.1. The van der Waals surface area contributed by atoms with E-state index in [-0.39, 0.29) is 35.3 Å². The van der Waals surface area contributed by atoms with Gasteiger partial charge in [-0.2, -0.15) is 0 Å². The molecule has 114 valence electrons. The number of hydrogen-bond acceptors (Lipinski definition) is 4. The lowest BCUT2D eigenvalue weighted by atomic mass is 10.1. The molecule has 1 aromatic rings. The predicted octanol–water partition coefficient (Wildman–Crippen LogP) is 2.52. The maximum Gasteiger partial charge on any atom is 0.272 e. The van der Waals surface area contributed by atoms with Crippen LogP contribution in [-0.2, 0) is 4.79 Å². The van der Waals surface area contributed by atoms with E-state index in [1.807, 2.05) is 13.0 Å². The fourth-order valence-corrected chi connectivity index (χ4v) is 2.85. The first-order valence-electron chi connectivity index (χ1n) is 7.25. The van der Waals surface area contributed by atoms with Crippen LogP contribution < -0.4 is 5.32 Å². The Morgan fingerprint density at radius 2 is 2.24 bits per heavy atom. The van der Waals surface area contributed by atoms with Crippen LogP contribution in [0, 0.1) is 17.0 Å². The molecular formula is C15H21N3O3. The Kier molecular flexibility index (Phi) is 4.57. The fourth-order valence-electron chi connectivity index (χ4n) is 2.85. The van der Waals surface area contributed by atoms with Gasteiger partial charge in [0.05, 0.1) is 11.5 Å². The number of benzene rings is 1. The Balaban J connectivity index is 2.33. The molecule has 1 saturated heterocycles. The fraction of sp³-hybridized carbons (Fsp3) is 0.533. The number of nitro groups is 1. The summed E-state index contributed by atoms with van der Waals surface area (Å²) in [5.41, 5.74) is 1.49. The molecule has 2 rings (SSSR count). The zero-order valence-corrected chi connectivity index (χ0v) is 12.6. The van der Waals surface area contributed by atoms with Crippen molar-refractivity contribution in [3.8, 4) is 0 Å². The highest BCUT2D eigenvalue weighted by Gasteiger charge is 2.35. The standard InChI is InChI=1S/C15H21N3O3/c1-4-5-11(3)17-14(19)9-16-15(17)12-7-6-10(2)13(8-12)18(20)21/h6-8,11,15-16H,4-5,9H2,1-3H3. The van der Waals surface area contributed by atoms with Gasteiger partial charge in [0, 0.05) is 17.7 Å². The minimum absolute atomic E-state index is 0.0455. The lowest BCUT2D eigenvalue weighted by Gasteiger charge is -2.30. The highest BCUT2D eigenvalue weighted by Crippen LogP contribution is 2.30. The van der Waals surface area contributed by atoms with Gasteiger partial charge in [-0.3, -0.25) is 20.2 Å². The smallest absolute Gasteiger partial charge is 0.272 e. The number of nitrogens with zero attached hydrogens (tertiary/aromatic N) is 2. The summed E-state index contributed by atoms with van der Waals surface area (Å²) in [7, 11) is 0. The summed E-state index contributed by atoms with van der Waals surface area (Å²) in [4.78, 5) is 24.6. The van der Waals surface area contributed by atoms with Gasteiger partial charge < -0.3 is 4.90 Å². The van der Waals surface area contributed by atoms with Crippen LogP contribution in [0.2, 0.25) is 0 Å². The van der Waals surface area contributed by atoms with Crippen molar-refractivity contribution in [2.45, 2.75) is 45.8 Å². The van der Waals surface area contributed by atoms with E-state index >= 15 is 0 Å². The molecule has 1 heterocycles. The molecule has 1 aliphatic heterocycles. The summed E-state index contributed by atoms with van der Waals surface area (Å²) in [6, 6.07) is 5.27. The van der Waals surface area contributed by atoms with Crippen molar-refractivity contribution in [1.82, 2.24) is 10.2 Å². The van der Waals surface area contributed by atoms with E-state index in [9.17, 15) is 14.9 Å². The number of nitro benzene ring substituents is 1. The van der Waals surface area contributed by atoms with E-state index in [1.54, 1.807) is 24.0 Å². The minimum atomic E-state index is -0.380. The van der Waals surface area contributed by atoms with Crippen LogP contribution in [0.3, 0.4) is 0 Å². The van der Waals surface area contributed by atoms with Crippen LogP contribution in [0.1, 0.15) is 44.0 Å². The molecular weight excluding hydrogens is 270 g/mol. The van der Waals surface area contributed by atoms with E-state index in [0.29, 0.717) is 5.56 Å². The number of rotatable bonds is 5. The SMILES string of the molecule is CCCC(C)N1C(=O)CNC1c1ccc(C)c([N+](=O)[O-])c1. The minimum Gasteiger partial charge on any atom is -0.319 e. The Morgan fingerprint density at radius 1 is 1.52 bits per heavy atom. The van der Waals surface area contributed by atoms with E-state index in [4.69, 9.17) is 0 Å². The van der Waals surface area contributed by atoms with Gasteiger partial charge in [0.15, 0.2) is 0 Å². The monoisotopic (exact) mass is 291 g/mol. The Hall–Kier alpha value is -1.95. The summed E-state index contributed by atoms with van der Waals surface area (Å²) in [5.74, 6) is 0.0455. The van der Waals surface area contributed by atoms with Gasteiger partial charge in [-0.15, -0.1) is 0 Å². The molecule has 0 bridgehead atoms. The Bertz CT molecular complexity index is 559. The maximum absolute atomic E-state index is 12.1. The van der Waals surface area contributed by atoms with Gasteiger partial charge in [0.1, 0.15) is 6.17 Å². The van der Waals surface area contributed by atoms with E-state index in [0.717, 1.165) is 18.4 Å². The Labute approximate surface area is 124 Å². The summed E-state index contributed by atoms with van der Waals surface area (Å²) >= 11 is 0. The molecule has 0 aromatic heterocycles. The van der Waals surface area contributed by atoms with Gasteiger partial charge in [0.25, 0.3) is 5.69 Å². The first-order valence-corrected chi connectivity index (χ1v) is 7.25. The molecule has 1 N–H and O–H groups in total. The molecule has 2 unspecified atom stereocenters. The van der Waals surface area contributed by atoms with Crippen LogP contribution in [0.25, 0.3) is 0 Å². The summed E-state index contributed by atoms with van der Waals surface area (Å²) in [6.07, 6.45) is 1.63. The van der Waals surface area contributed by atoms with E-state index in [1.165, 1.54) is 0 Å². The third kappa shape index (κ3) is 3.05. The third-order valence-electron chi connectivity index (χ3n) is 3.94. The molecule has 6 nitrogen and oxygen atoms in total. The molecule has 0 aliphatic carbocycles. The number of hydrogen-bond donors (Lipinski definition) is 1. The molecule has 6 heteroatoms. The second kappa shape index (κ2) is 6.22. The quantitative estimate of drug-likeness (QED) is 0.668. The molecule has 2 atom stereocenters. The molecule has 0 spiro atoms. The lowest BCUT2D eigenvalue weighted by Crippen LogP contribution is -2.37. The zero-order valence-electron chi connectivity index (χ0n) is 12.6. The molecule has 1 aromatic carbocycles. The van der Waals surface area contributed by atoms with Gasteiger partial charge in [-0.25, -0.2) is 0 Å². The molecule has 1 fully saturated rings. The third-order valence-corrected chi connectivity index (χ3v) is 3.94. The van der Waals surface area contributed by atoms with Crippen molar-refractivity contribution in [2.75, 3.05) is 6.54 Å². The van der Waals surface area contributed by atoms with E-state index in [2.05, 4.69) is 12.2 Å². The van der Waals surface area contributed by atoms with Gasteiger partial charge in [-0.1, -0.05) is 25.5 Å². The van der Waals surface area contributed by atoms with Crippen molar-refractivity contribution in [3.63, 3.8) is 0 Å². The summed E-state index contributed by atoms with van der Waals surface area (Å²) in [5, 5.41) is 14.2. The van der Waals surface area contributed by atoms with Gasteiger partial charge >= 0.3 is 0 Å². The van der Waals surface area contributed by atoms with Crippen molar-refractivity contribution < 1.29 is 9.72 Å². The van der Waals surface area contributed by atoms with Gasteiger partial charge in [0.2, 0.25) is 5.91 Å². The molecule has 0 radical (unpaired) electrons. The highest BCUT2D eigenvalue weighted by atomic mass is 16.6. The van der Waals surface area contributed by atoms with Crippen LogP contribution in [0.15, 0.2) is 18.2 Å². The number of carbonyl (C=O) groups is 1. The second-order valence-corrected chi connectivity index (χ2v) is 5.53. The predicted molar refractivity (Wildman–Crippen MR) is 79.8 cm³/mol. The summed E-state index contributed by atoms with van der Waals surface area (Å²) in [6.45, 7) is 6.09.